The lowest BCUT2D eigenvalue weighted by Gasteiger charge is -1.99. The van der Waals surface area contributed by atoms with Gasteiger partial charge in [0, 0.05) is 12.6 Å². The molecule has 0 aliphatic heterocycles. The summed E-state index contributed by atoms with van der Waals surface area (Å²) >= 11 is 0. The van der Waals surface area contributed by atoms with E-state index in [9.17, 15) is 0 Å². The molecule has 1 aliphatic rings. The first-order valence-corrected chi connectivity index (χ1v) is 4.08. The summed E-state index contributed by atoms with van der Waals surface area (Å²) in [5.41, 5.74) is 2.47. The number of aromatic amines is 1. The van der Waals surface area contributed by atoms with Crippen LogP contribution in [0.5, 0.6) is 0 Å². The predicted molar refractivity (Wildman–Crippen MR) is 43.2 cm³/mol. The molecule has 1 saturated carbocycles. The van der Waals surface area contributed by atoms with Gasteiger partial charge in [-0.1, -0.05) is 0 Å². The lowest BCUT2D eigenvalue weighted by atomic mass is 10.3. The maximum atomic E-state index is 3.96. The molecule has 3 nitrogen and oxygen atoms in total. The van der Waals surface area contributed by atoms with Crippen molar-refractivity contribution in [3.05, 3.63) is 17.5 Å². The van der Waals surface area contributed by atoms with Gasteiger partial charge in [0.15, 0.2) is 0 Å². The molecule has 1 fully saturated rings. The van der Waals surface area contributed by atoms with Gasteiger partial charge in [0.2, 0.25) is 0 Å². The molecular formula is C8H13N3. The fourth-order valence-corrected chi connectivity index (χ4v) is 1.09. The van der Waals surface area contributed by atoms with Gasteiger partial charge in [-0.15, -0.1) is 0 Å². The highest BCUT2D eigenvalue weighted by atomic mass is 15.1. The maximum absolute atomic E-state index is 3.96. The average molecular weight is 151 g/mol. The molecule has 0 spiro atoms. The zero-order valence-electron chi connectivity index (χ0n) is 6.72. The molecule has 0 aromatic carbocycles. The Kier molecular flexibility index (Phi) is 1.66. The molecule has 0 saturated heterocycles. The second-order valence-corrected chi connectivity index (χ2v) is 3.19. The molecule has 11 heavy (non-hydrogen) atoms. The smallest absolute Gasteiger partial charge is 0.0519 e. The molecule has 1 heterocycles. The minimum absolute atomic E-state index is 0.776. The van der Waals surface area contributed by atoms with Crippen LogP contribution in [0.15, 0.2) is 6.20 Å². The summed E-state index contributed by atoms with van der Waals surface area (Å²) in [6.45, 7) is 3.02. The van der Waals surface area contributed by atoms with Crippen molar-refractivity contribution < 1.29 is 0 Å². The van der Waals surface area contributed by atoms with E-state index in [0.29, 0.717) is 0 Å². The topological polar surface area (TPSA) is 40.7 Å². The van der Waals surface area contributed by atoms with E-state index < -0.39 is 0 Å². The van der Waals surface area contributed by atoms with Crippen LogP contribution in [0.25, 0.3) is 0 Å². The van der Waals surface area contributed by atoms with Crippen molar-refractivity contribution in [1.82, 2.24) is 15.5 Å². The van der Waals surface area contributed by atoms with Crippen molar-refractivity contribution in [2.45, 2.75) is 32.4 Å². The van der Waals surface area contributed by atoms with Crippen LogP contribution in [0.1, 0.15) is 24.1 Å². The SMILES string of the molecule is Cc1cn[nH]c1CNC1CC1. The van der Waals surface area contributed by atoms with Gasteiger partial charge in [0.25, 0.3) is 0 Å². The molecule has 1 aliphatic carbocycles. The predicted octanol–water partition coefficient (Wildman–Crippen LogP) is 0.970. The first kappa shape index (κ1) is 6.85. The summed E-state index contributed by atoms with van der Waals surface area (Å²) < 4.78 is 0. The monoisotopic (exact) mass is 151 g/mol. The zero-order chi connectivity index (χ0) is 7.68. The molecule has 2 N–H and O–H groups in total. The Morgan fingerprint density at radius 3 is 3.09 bits per heavy atom. The van der Waals surface area contributed by atoms with Gasteiger partial charge in [-0.2, -0.15) is 5.10 Å². The second-order valence-electron chi connectivity index (χ2n) is 3.19. The first-order valence-electron chi connectivity index (χ1n) is 4.08. The van der Waals surface area contributed by atoms with E-state index in [2.05, 4.69) is 22.4 Å². The second kappa shape index (κ2) is 2.66. The molecule has 60 valence electrons. The van der Waals surface area contributed by atoms with Crippen LogP contribution < -0.4 is 5.32 Å². The Morgan fingerprint density at radius 2 is 2.55 bits per heavy atom. The van der Waals surface area contributed by atoms with Crippen molar-refractivity contribution >= 4 is 0 Å². The molecule has 1 aromatic rings. The summed E-state index contributed by atoms with van der Waals surface area (Å²) in [4.78, 5) is 0. The van der Waals surface area contributed by atoms with Gasteiger partial charge in [-0.3, -0.25) is 5.10 Å². The summed E-state index contributed by atoms with van der Waals surface area (Å²) in [5, 5.41) is 10.4. The van der Waals surface area contributed by atoms with E-state index in [-0.39, 0.29) is 0 Å². The van der Waals surface area contributed by atoms with E-state index in [0.717, 1.165) is 12.6 Å². The van der Waals surface area contributed by atoms with Gasteiger partial charge < -0.3 is 5.32 Å². The largest absolute Gasteiger partial charge is 0.308 e. The molecule has 0 unspecified atom stereocenters. The van der Waals surface area contributed by atoms with Crippen molar-refractivity contribution in [3.8, 4) is 0 Å². The van der Waals surface area contributed by atoms with Gasteiger partial charge in [0.05, 0.1) is 11.9 Å². The fraction of sp³-hybridized carbons (Fsp3) is 0.625. The van der Waals surface area contributed by atoms with E-state index in [1.54, 1.807) is 0 Å². The number of H-pyrrole nitrogens is 1. The normalized spacial score (nSPS) is 17.2. The maximum Gasteiger partial charge on any atom is 0.0519 e. The number of hydrogen-bond donors (Lipinski definition) is 2. The van der Waals surface area contributed by atoms with Crippen molar-refractivity contribution in [1.29, 1.82) is 0 Å². The number of nitrogens with one attached hydrogen (secondary N) is 2. The third-order valence-corrected chi connectivity index (χ3v) is 2.08. The molecule has 1 aromatic heterocycles. The zero-order valence-corrected chi connectivity index (χ0v) is 6.72. The Balaban J connectivity index is 1.89. The Bertz CT molecular complexity index is 237. The lowest BCUT2D eigenvalue weighted by molar-refractivity contribution is 0.670. The molecule has 0 radical (unpaired) electrons. The highest BCUT2D eigenvalue weighted by molar-refractivity contribution is 5.13. The summed E-state index contributed by atoms with van der Waals surface area (Å²) in [6, 6.07) is 0.776. The van der Waals surface area contributed by atoms with Crippen LogP contribution in [0.4, 0.5) is 0 Å². The van der Waals surface area contributed by atoms with Crippen molar-refractivity contribution in [2.75, 3.05) is 0 Å². The summed E-state index contributed by atoms with van der Waals surface area (Å²) in [6.07, 6.45) is 4.55. The van der Waals surface area contributed by atoms with Crippen LogP contribution in [0.3, 0.4) is 0 Å². The molecule has 0 bridgehead atoms. The van der Waals surface area contributed by atoms with E-state index in [1.807, 2.05) is 6.20 Å². The minimum atomic E-state index is 0.776. The number of aromatic nitrogens is 2. The third-order valence-electron chi connectivity index (χ3n) is 2.08. The number of nitrogens with zero attached hydrogens (tertiary/aromatic N) is 1. The number of aryl methyl sites for hydroxylation is 1. The summed E-state index contributed by atoms with van der Waals surface area (Å²) in [5.74, 6) is 0. The van der Waals surface area contributed by atoms with Crippen LogP contribution in [-0.4, -0.2) is 16.2 Å². The molecule has 3 heteroatoms. The number of hydrogen-bond acceptors (Lipinski definition) is 2. The van der Waals surface area contributed by atoms with E-state index in [1.165, 1.54) is 24.1 Å². The lowest BCUT2D eigenvalue weighted by Crippen LogP contribution is -2.16. The highest BCUT2D eigenvalue weighted by Gasteiger charge is 2.20. The highest BCUT2D eigenvalue weighted by Crippen LogP contribution is 2.19. The Labute approximate surface area is 66.2 Å². The Morgan fingerprint density at radius 1 is 1.73 bits per heavy atom. The van der Waals surface area contributed by atoms with Crippen LogP contribution >= 0.6 is 0 Å². The van der Waals surface area contributed by atoms with Crippen LogP contribution in [0.2, 0.25) is 0 Å². The van der Waals surface area contributed by atoms with Gasteiger partial charge in [0.1, 0.15) is 0 Å². The Hall–Kier alpha value is -0.830. The molecule has 2 rings (SSSR count). The van der Waals surface area contributed by atoms with Gasteiger partial charge in [-0.05, 0) is 25.3 Å². The fourth-order valence-electron chi connectivity index (χ4n) is 1.09. The molecule has 0 atom stereocenters. The first-order chi connectivity index (χ1) is 5.36. The minimum Gasteiger partial charge on any atom is -0.308 e. The molecule has 0 amide bonds. The standard InChI is InChI=1S/C8H13N3/c1-6-4-10-11-8(6)5-9-7-2-3-7/h4,7,9H,2-3,5H2,1H3,(H,10,11). The van der Waals surface area contributed by atoms with Crippen LogP contribution in [-0.2, 0) is 6.54 Å². The molecular weight excluding hydrogens is 138 g/mol. The van der Waals surface area contributed by atoms with Crippen molar-refractivity contribution in [2.24, 2.45) is 0 Å². The van der Waals surface area contributed by atoms with Gasteiger partial charge in [-0.25, -0.2) is 0 Å². The van der Waals surface area contributed by atoms with Crippen molar-refractivity contribution in [3.63, 3.8) is 0 Å². The van der Waals surface area contributed by atoms with Crippen LogP contribution in [0, 0.1) is 6.92 Å². The summed E-state index contributed by atoms with van der Waals surface area (Å²) in [7, 11) is 0. The third kappa shape index (κ3) is 1.60. The van der Waals surface area contributed by atoms with E-state index in [4.69, 9.17) is 0 Å². The van der Waals surface area contributed by atoms with E-state index >= 15 is 0 Å². The quantitative estimate of drug-likeness (QED) is 0.675. The number of rotatable bonds is 3. The van der Waals surface area contributed by atoms with Gasteiger partial charge >= 0.3 is 0 Å². The average Bonchev–Trinajstić information content (AvgIpc) is 2.73.